The van der Waals surface area contributed by atoms with Gasteiger partial charge in [-0.2, -0.15) is 41.8 Å². The molecule has 530 valence electrons. The van der Waals surface area contributed by atoms with E-state index in [4.69, 9.17) is 44.6 Å². The molecule has 0 bridgehead atoms. The van der Waals surface area contributed by atoms with Crippen LogP contribution in [0.5, 0.6) is 11.5 Å². The molecule has 2 saturated heterocycles. The second-order valence-electron chi connectivity index (χ2n) is 22.5. The molecular weight excluding hydrogens is 1390 g/mol. The van der Waals surface area contributed by atoms with Crippen molar-refractivity contribution in [3.05, 3.63) is 93.7 Å². The van der Waals surface area contributed by atoms with Crippen LogP contribution in [-0.2, 0) is 39.4 Å². The fraction of sp³-hybridized carbons (Fsp3) is 0.369. The van der Waals surface area contributed by atoms with Gasteiger partial charge < -0.3 is 55.4 Å². The van der Waals surface area contributed by atoms with Gasteiger partial charge in [0.1, 0.15) is 44.3 Å². The number of aromatic nitrogens is 5. The van der Waals surface area contributed by atoms with Crippen molar-refractivity contribution in [2.75, 3.05) is 120 Å². The third-order valence-electron chi connectivity index (χ3n) is 15.9. The van der Waals surface area contributed by atoms with Crippen molar-refractivity contribution in [2.45, 2.75) is 95.0 Å². The maximum Gasteiger partial charge on any atom is 0.296 e. The van der Waals surface area contributed by atoms with Gasteiger partial charge in [0.15, 0.2) is 16.7 Å². The molecule has 2 aliphatic rings. The lowest BCUT2D eigenvalue weighted by Crippen LogP contribution is -2.30. The predicted molar refractivity (Wildman–Crippen MR) is 389 cm³/mol. The Bertz CT molecular complexity index is 4250. The lowest BCUT2D eigenvalue weighted by molar-refractivity contribution is -0.120. The van der Waals surface area contributed by atoms with Crippen LogP contribution in [0, 0.1) is 0 Å². The fourth-order valence-electron chi connectivity index (χ4n) is 11.0. The monoisotopic (exact) mass is 1460 g/mol. The van der Waals surface area contributed by atoms with Crippen molar-refractivity contribution in [1.82, 2.24) is 24.9 Å². The molecule has 30 nitrogen and oxygen atoms in total. The molecule has 0 spiro atoms. The number of methoxy groups -OCH3 is 2. The number of ketones is 2. The zero-order chi connectivity index (χ0) is 71.8. The van der Waals surface area contributed by atoms with Crippen molar-refractivity contribution in [3.8, 4) is 11.5 Å². The van der Waals surface area contributed by atoms with E-state index in [0.29, 0.717) is 108 Å². The molecule has 0 unspecified atom stereocenters. The highest BCUT2D eigenvalue weighted by molar-refractivity contribution is 7.99. The molecule has 0 atom stereocenters. The number of para-hydroxylation sites is 2. The van der Waals surface area contributed by atoms with Gasteiger partial charge >= 0.3 is 0 Å². The first-order valence-electron chi connectivity index (χ1n) is 32.0. The molecule has 7 aromatic rings. The maximum absolute atomic E-state index is 13.9. The molecule has 2 fully saturated rings. The molecule has 35 heteroatoms. The van der Waals surface area contributed by atoms with E-state index in [2.05, 4.69) is 41.3 Å². The largest absolute Gasteiger partial charge is 0.494 e. The molecule has 100 heavy (non-hydrogen) atoms. The summed E-state index contributed by atoms with van der Waals surface area (Å²) in [7, 11) is -6.44. The van der Waals surface area contributed by atoms with Gasteiger partial charge in [0.2, 0.25) is 22.2 Å². The molecule has 7 N–H and O–H groups in total. The summed E-state index contributed by atoms with van der Waals surface area (Å²) in [5.74, 6) is -1.03. The SMILES string of the molecule is CCN(CC)c1cc(Nc2nc(Nc3cc(N(CC)CC)c(OC)cc3/N=N/c3nc(N4CCCCC4)c(/C=C(\C(C)=O)C(=O)Nc4ccccc4S(=O)(=O)O)s3)nc(SCCO)n2)c(/N=N/c2nc(N3CCCCC3)c(/C=C(/C(C)=O)C(=O)Nc3ccccc3S(=O)(=O)O)s2)cc1OC. The number of nitrogens with zero attached hydrogens (tertiary/aromatic N) is 13. The molecular formula is C65H77N17O13S5. The standard InChI is InChI=1S/C65H77N17O13S5/c1-9-79(10-2)49-35-45(47(37-51(49)94-7)75-77-64-70-57(81-27-19-13-20-28-81)53(97-64)33-41(39(5)84)59(86)66-43-23-15-17-25-55(43)99(88,89)90)68-61-72-62(74-63(73-61)96-32-31-83)69-46-36-50(80(11-3)12-4)52(95-8)38-48(46)76-78-65-71-58(82-29-21-14-22-30-82)54(98-65)34-42(40(6)85)60(87)67-44-24-16-18-26-56(44)100(91,92)93/h15-18,23-26,33-38,83H,9-14,19-22,27-32H2,1-8H3,(H,66,86)(H,67,87)(H,88,89,90)(H,91,92,93)(H2,68,69,72,73,74)/b41-33-,42-34+,77-75+,78-76+. The second-order valence-corrected chi connectivity index (χ2v) is 28.3. The van der Waals surface area contributed by atoms with Crippen LogP contribution in [0.2, 0.25) is 0 Å². The number of azo groups is 2. The van der Waals surface area contributed by atoms with E-state index in [1.807, 2.05) is 49.6 Å². The Morgan fingerprint density at radius 1 is 0.570 bits per heavy atom. The molecule has 9 rings (SSSR count). The molecule has 5 heterocycles. The lowest BCUT2D eigenvalue weighted by atomic mass is 10.1. The smallest absolute Gasteiger partial charge is 0.296 e. The third kappa shape index (κ3) is 18.7. The summed E-state index contributed by atoms with van der Waals surface area (Å²) >= 11 is 3.28. The van der Waals surface area contributed by atoms with Gasteiger partial charge in [-0.25, -0.2) is 0 Å². The Hall–Kier alpha value is -9.36. The molecule has 0 radical (unpaired) electrons. The number of thioether (sulfide) groups is 1. The molecule has 0 aliphatic carbocycles. The van der Waals surface area contributed by atoms with E-state index in [1.165, 1.54) is 76.6 Å². The number of Topliss-reactive ketones (excluding diaryl/α,β-unsaturated/α-hetero) is 2. The number of hydrogen-bond acceptors (Lipinski definition) is 29. The normalized spacial score (nSPS) is 13.9. The average Bonchev–Trinajstić information content (AvgIpc) is 1.78. The van der Waals surface area contributed by atoms with E-state index in [1.54, 1.807) is 12.1 Å². The summed E-state index contributed by atoms with van der Waals surface area (Å²) in [6.07, 6.45) is 8.15. The number of carbonyl (C=O) groups is 4. The topological polar surface area (TPSA) is 391 Å². The molecule has 2 amide bonds. The van der Waals surface area contributed by atoms with Crippen molar-refractivity contribution >= 4 is 169 Å². The van der Waals surface area contributed by atoms with Crippen molar-refractivity contribution in [2.24, 2.45) is 20.5 Å². The van der Waals surface area contributed by atoms with E-state index < -0.39 is 53.4 Å². The van der Waals surface area contributed by atoms with Crippen molar-refractivity contribution < 1.29 is 59.7 Å². The van der Waals surface area contributed by atoms with Crippen LogP contribution < -0.4 is 50.3 Å². The highest BCUT2D eigenvalue weighted by Crippen LogP contribution is 2.45. The van der Waals surface area contributed by atoms with Gasteiger partial charge in [0.25, 0.3) is 32.1 Å². The summed E-state index contributed by atoms with van der Waals surface area (Å²) in [5.41, 5.74) is 1.49. The zero-order valence-corrected chi connectivity index (χ0v) is 60.3. The predicted octanol–water partition coefficient (Wildman–Crippen LogP) is 12.6. The number of ether oxygens (including phenoxy) is 2. The fourth-order valence-corrected chi connectivity index (χ4v) is 14.6. The van der Waals surface area contributed by atoms with Crippen LogP contribution in [0.4, 0.5) is 79.3 Å². The van der Waals surface area contributed by atoms with Gasteiger partial charge in [-0.1, -0.05) is 58.7 Å². The van der Waals surface area contributed by atoms with Crippen LogP contribution >= 0.6 is 34.4 Å². The van der Waals surface area contributed by atoms with Gasteiger partial charge in [-0.3, -0.25) is 28.3 Å². The number of aliphatic hydroxyl groups excluding tert-OH is 1. The zero-order valence-electron chi connectivity index (χ0n) is 56.2. The van der Waals surface area contributed by atoms with Crippen molar-refractivity contribution in [1.29, 1.82) is 0 Å². The Balaban J connectivity index is 1.11. The van der Waals surface area contributed by atoms with E-state index >= 15 is 0 Å². The number of thiazole rings is 2. The highest BCUT2D eigenvalue weighted by Gasteiger charge is 2.28. The third-order valence-corrected chi connectivity index (χ3v) is 20.3. The van der Waals surface area contributed by atoms with Gasteiger partial charge in [-0.15, -0.1) is 20.5 Å². The Labute approximate surface area is 591 Å². The number of anilines is 10. The number of nitrogens with one attached hydrogen (secondary N) is 4. The van der Waals surface area contributed by atoms with Gasteiger partial charge in [0, 0.05) is 70.2 Å². The van der Waals surface area contributed by atoms with Gasteiger partial charge in [-0.05, 0) is 129 Å². The Morgan fingerprint density at radius 3 is 1.31 bits per heavy atom. The molecule has 0 saturated carbocycles. The summed E-state index contributed by atoms with van der Waals surface area (Å²) < 4.78 is 80.7. The van der Waals surface area contributed by atoms with E-state index in [-0.39, 0.29) is 73.6 Å². The average molecular weight is 1460 g/mol. The molecule has 3 aromatic heterocycles. The molecule has 4 aromatic carbocycles. The second kappa shape index (κ2) is 34.1. The Morgan fingerprint density at radius 2 is 0.960 bits per heavy atom. The summed E-state index contributed by atoms with van der Waals surface area (Å²) in [4.78, 5) is 86.5. The van der Waals surface area contributed by atoms with Gasteiger partial charge in [0.05, 0.1) is 75.9 Å². The number of aliphatic hydroxyl groups is 1. The summed E-state index contributed by atoms with van der Waals surface area (Å²) in [6.45, 7) is 15.1. The van der Waals surface area contributed by atoms with Crippen LogP contribution in [0.25, 0.3) is 12.2 Å². The van der Waals surface area contributed by atoms with E-state index in [9.17, 15) is 50.2 Å². The number of rotatable bonds is 31. The molecule has 2 aliphatic heterocycles. The number of hydrogen-bond donors (Lipinski definition) is 7. The minimum absolute atomic E-state index is 0.0314. The van der Waals surface area contributed by atoms with Crippen LogP contribution in [0.15, 0.2) is 119 Å². The number of amides is 2. The van der Waals surface area contributed by atoms with Crippen LogP contribution in [0.3, 0.4) is 0 Å². The lowest BCUT2D eigenvalue weighted by Gasteiger charge is -2.27. The quantitative estimate of drug-likeness (QED) is 0.00530. The number of piperidine rings is 2. The van der Waals surface area contributed by atoms with Crippen LogP contribution in [-0.4, -0.2) is 158 Å². The first-order chi connectivity index (χ1) is 48.0. The maximum atomic E-state index is 13.9. The minimum atomic E-state index is -4.75. The number of benzene rings is 4. The number of carbonyl (C=O) groups excluding carboxylic acids is 4. The first kappa shape index (κ1) is 74.9. The highest BCUT2D eigenvalue weighted by atomic mass is 32.2. The summed E-state index contributed by atoms with van der Waals surface area (Å²) in [6, 6.07) is 17.6. The first-order valence-corrected chi connectivity index (χ1v) is 37.5. The van der Waals surface area contributed by atoms with Crippen LogP contribution in [0.1, 0.15) is 89.8 Å². The van der Waals surface area contributed by atoms with Crippen molar-refractivity contribution in [3.63, 3.8) is 0 Å². The summed E-state index contributed by atoms with van der Waals surface area (Å²) in [5, 5.41) is 41.1. The Kier molecular flexibility index (Phi) is 25.6. The minimum Gasteiger partial charge on any atom is -0.494 e. The van der Waals surface area contributed by atoms with E-state index in [0.717, 1.165) is 85.1 Å².